The predicted molar refractivity (Wildman–Crippen MR) is 121 cm³/mol. The van der Waals surface area contributed by atoms with E-state index in [1.807, 2.05) is 53.4 Å². The molecule has 0 saturated carbocycles. The molecule has 1 aromatic heterocycles. The van der Waals surface area contributed by atoms with Gasteiger partial charge in [-0.1, -0.05) is 48.1 Å². The zero-order chi connectivity index (χ0) is 22.1. The van der Waals surface area contributed by atoms with Crippen molar-refractivity contribution in [2.24, 2.45) is 0 Å². The Labute approximate surface area is 189 Å². The summed E-state index contributed by atoms with van der Waals surface area (Å²) in [5.74, 6) is 0.599. The summed E-state index contributed by atoms with van der Waals surface area (Å²) in [6.07, 6.45) is 1.21. The molecule has 0 bridgehead atoms. The van der Waals surface area contributed by atoms with Gasteiger partial charge in [0.25, 0.3) is 5.91 Å². The van der Waals surface area contributed by atoms with Crippen LogP contribution in [0.5, 0.6) is 0 Å². The normalized spacial score (nSPS) is 12.9. The van der Waals surface area contributed by atoms with Gasteiger partial charge in [-0.15, -0.1) is 0 Å². The van der Waals surface area contributed by atoms with Crippen LogP contribution in [-0.4, -0.2) is 22.6 Å². The van der Waals surface area contributed by atoms with Crippen molar-refractivity contribution >= 4 is 23.4 Å². The standard InChI is InChI=1S/C25H20FN3O2S/c1-2-12-29-20-11-10-17(15-22(20)32-21-9-4-3-8-19(21)25(29)30)24-27-23(31-28-24)14-16-6-5-7-18(26)13-16/h3-11,13,15H,2,12,14H2,1H3. The van der Waals surface area contributed by atoms with Crippen LogP contribution in [0.2, 0.25) is 0 Å². The molecule has 0 atom stereocenters. The zero-order valence-corrected chi connectivity index (χ0v) is 18.2. The number of aromatic nitrogens is 2. The van der Waals surface area contributed by atoms with Crippen LogP contribution >= 0.6 is 11.8 Å². The van der Waals surface area contributed by atoms with Crippen molar-refractivity contribution < 1.29 is 13.7 Å². The molecule has 4 aromatic rings. The van der Waals surface area contributed by atoms with E-state index in [1.54, 1.807) is 17.8 Å². The van der Waals surface area contributed by atoms with Crippen LogP contribution in [0.1, 0.15) is 35.2 Å². The first-order valence-electron chi connectivity index (χ1n) is 10.4. The molecule has 5 nitrogen and oxygen atoms in total. The molecule has 0 fully saturated rings. The van der Waals surface area contributed by atoms with Gasteiger partial charge in [-0.05, 0) is 54.4 Å². The monoisotopic (exact) mass is 445 g/mol. The van der Waals surface area contributed by atoms with E-state index < -0.39 is 0 Å². The maximum absolute atomic E-state index is 13.5. The fourth-order valence-corrected chi connectivity index (χ4v) is 4.89. The van der Waals surface area contributed by atoms with E-state index >= 15 is 0 Å². The van der Waals surface area contributed by atoms with Crippen molar-refractivity contribution in [1.82, 2.24) is 10.1 Å². The number of carbonyl (C=O) groups excluding carboxylic acids is 1. The summed E-state index contributed by atoms with van der Waals surface area (Å²) in [6.45, 7) is 2.70. The van der Waals surface area contributed by atoms with Gasteiger partial charge in [0.1, 0.15) is 5.82 Å². The fraction of sp³-hybridized carbons (Fsp3) is 0.160. The third kappa shape index (κ3) is 3.91. The van der Waals surface area contributed by atoms with Crippen molar-refractivity contribution in [1.29, 1.82) is 0 Å². The van der Waals surface area contributed by atoms with Gasteiger partial charge in [-0.25, -0.2) is 4.39 Å². The molecule has 0 spiro atoms. The van der Waals surface area contributed by atoms with E-state index in [2.05, 4.69) is 17.1 Å². The number of hydrogen-bond donors (Lipinski definition) is 0. The van der Waals surface area contributed by atoms with Crippen LogP contribution in [0.25, 0.3) is 11.4 Å². The van der Waals surface area contributed by atoms with E-state index in [4.69, 9.17) is 4.52 Å². The van der Waals surface area contributed by atoms with E-state index in [0.29, 0.717) is 30.2 Å². The Morgan fingerprint density at radius 1 is 1.03 bits per heavy atom. The lowest BCUT2D eigenvalue weighted by molar-refractivity contribution is 0.0984. The molecule has 0 aliphatic carbocycles. The number of amides is 1. The van der Waals surface area contributed by atoms with Gasteiger partial charge >= 0.3 is 0 Å². The predicted octanol–water partition coefficient (Wildman–Crippen LogP) is 5.99. The fourth-order valence-electron chi connectivity index (χ4n) is 3.77. The molecule has 0 N–H and O–H groups in total. The number of hydrogen-bond acceptors (Lipinski definition) is 5. The summed E-state index contributed by atoms with van der Waals surface area (Å²) in [4.78, 5) is 21.4. The zero-order valence-electron chi connectivity index (χ0n) is 17.4. The minimum Gasteiger partial charge on any atom is -0.339 e. The Kier molecular flexibility index (Phi) is 5.49. The van der Waals surface area contributed by atoms with Gasteiger partial charge in [0.2, 0.25) is 11.7 Å². The molecule has 1 aliphatic heterocycles. The van der Waals surface area contributed by atoms with Crippen molar-refractivity contribution in [3.8, 4) is 11.4 Å². The van der Waals surface area contributed by atoms with Crippen molar-refractivity contribution in [2.45, 2.75) is 29.6 Å². The number of benzene rings is 3. The average Bonchev–Trinajstić information content (AvgIpc) is 3.22. The average molecular weight is 446 g/mol. The molecule has 0 saturated heterocycles. The Hall–Kier alpha value is -3.45. The van der Waals surface area contributed by atoms with Crippen LogP contribution in [0.3, 0.4) is 0 Å². The second-order valence-corrected chi connectivity index (χ2v) is 8.64. The first-order chi connectivity index (χ1) is 15.6. The van der Waals surface area contributed by atoms with Crippen LogP contribution < -0.4 is 4.90 Å². The van der Waals surface area contributed by atoms with Gasteiger partial charge in [0, 0.05) is 21.9 Å². The van der Waals surface area contributed by atoms with Gasteiger partial charge in [0.15, 0.2) is 0 Å². The Morgan fingerprint density at radius 3 is 2.75 bits per heavy atom. The van der Waals surface area contributed by atoms with Crippen LogP contribution in [0.4, 0.5) is 10.1 Å². The highest BCUT2D eigenvalue weighted by Crippen LogP contribution is 2.42. The number of nitrogens with zero attached hydrogens (tertiary/aromatic N) is 3. The SMILES string of the molecule is CCCN1C(=O)c2ccccc2Sc2cc(-c3noc(Cc4cccc(F)c4)n3)ccc21. The lowest BCUT2D eigenvalue weighted by Crippen LogP contribution is -2.31. The number of anilines is 1. The summed E-state index contributed by atoms with van der Waals surface area (Å²) >= 11 is 1.57. The second-order valence-electron chi connectivity index (χ2n) is 7.56. The van der Waals surface area contributed by atoms with Crippen LogP contribution in [0.15, 0.2) is 81.0 Å². The maximum atomic E-state index is 13.5. The first-order valence-corrected chi connectivity index (χ1v) is 11.2. The van der Waals surface area contributed by atoms with Crippen LogP contribution in [0, 0.1) is 5.82 Å². The summed E-state index contributed by atoms with van der Waals surface area (Å²) in [5.41, 5.74) is 3.16. The molecule has 0 unspecified atom stereocenters. The highest BCUT2D eigenvalue weighted by Gasteiger charge is 2.27. The maximum Gasteiger partial charge on any atom is 0.259 e. The summed E-state index contributed by atoms with van der Waals surface area (Å²) in [5, 5.41) is 4.12. The molecule has 1 aliphatic rings. The molecule has 5 rings (SSSR count). The van der Waals surface area contributed by atoms with E-state index in [1.165, 1.54) is 12.1 Å². The quantitative estimate of drug-likeness (QED) is 0.378. The first kappa shape index (κ1) is 20.5. The number of carbonyl (C=O) groups is 1. The van der Waals surface area contributed by atoms with Gasteiger partial charge in [0.05, 0.1) is 17.7 Å². The highest BCUT2D eigenvalue weighted by molar-refractivity contribution is 7.99. The van der Waals surface area contributed by atoms with E-state index in [-0.39, 0.29) is 11.7 Å². The molecule has 2 heterocycles. The number of halogens is 1. The van der Waals surface area contributed by atoms with Crippen molar-refractivity contribution in [2.75, 3.05) is 11.4 Å². The van der Waals surface area contributed by atoms with Crippen molar-refractivity contribution in [3.05, 3.63) is 89.6 Å². The minimum atomic E-state index is -0.295. The Bertz CT molecular complexity index is 1300. The minimum absolute atomic E-state index is 0.0124. The van der Waals surface area contributed by atoms with E-state index in [0.717, 1.165) is 33.0 Å². The lowest BCUT2D eigenvalue weighted by atomic mass is 10.1. The number of fused-ring (bicyclic) bond motifs is 2. The topological polar surface area (TPSA) is 59.2 Å². The Balaban J connectivity index is 1.49. The molecule has 32 heavy (non-hydrogen) atoms. The lowest BCUT2D eigenvalue weighted by Gasteiger charge is -2.22. The Morgan fingerprint density at radius 2 is 1.91 bits per heavy atom. The van der Waals surface area contributed by atoms with Gasteiger partial charge in [-0.2, -0.15) is 4.98 Å². The van der Waals surface area contributed by atoms with Crippen LogP contribution in [-0.2, 0) is 6.42 Å². The summed E-state index contributed by atoms with van der Waals surface area (Å²) < 4.78 is 18.9. The molecular formula is C25H20FN3O2S. The summed E-state index contributed by atoms with van der Waals surface area (Å²) in [7, 11) is 0. The number of rotatable bonds is 5. The molecular weight excluding hydrogens is 425 g/mol. The van der Waals surface area contributed by atoms with Crippen molar-refractivity contribution in [3.63, 3.8) is 0 Å². The van der Waals surface area contributed by atoms with Gasteiger partial charge < -0.3 is 9.42 Å². The molecule has 0 radical (unpaired) electrons. The molecule has 3 aromatic carbocycles. The van der Waals surface area contributed by atoms with E-state index in [9.17, 15) is 9.18 Å². The molecule has 7 heteroatoms. The highest BCUT2D eigenvalue weighted by atomic mass is 32.2. The van der Waals surface area contributed by atoms with Gasteiger partial charge in [-0.3, -0.25) is 4.79 Å². The second kappa shape index (κ2) is 8.59. The third-order valence-corrected chi connectivity index (χ3v) is 6.37. The third-order valence-electron chi connectivity index (χ3n) is 5.25. The smallest absolute Gasteiger partial charge is 0.259 e. The largest absolute Gasteiger partial charge is 0.339 e. The molecule has 160 valence electrons. The molecule has 1 amide bonds. The summed E-state index contributed by atoms with van der Waals surface area (Å²) in [6, 6.07) is 19.9.